The number of ether oxygens (including phenoxy) is 1. The molecule has 1 N–H and O–H groups in total. The molecule has 5 nitrogen and oxygen atoms in total. The van der Waals surface area contributed by atoms with E-state index in [1.54, 1.807) is 17.0 Å². The number of likely N-dealkylation sites (N-methyl/N-ethyl adjacent to an activating group) is 1. The van der Waals surface area contributed by atoms with Crippen molar-refractivity contribution in [1.82, 2.24) is 9.80 Å². The lowest BCUT2D eigenvalue weighted by atomic mass is 9.90. The Kier molecular flexibility index (Phi) is 6.79. The standard InChI is InChI=1S/C19H29FN2O3/c1-4-5-10-21(2)14-19(24)9-6-11-22(18(19)23)13-15-12-16(25-3)7-8-17(15)20/h7-8,12,24H,4-6,9-11,13-14H2,1-3H3. The molecule has 1 unspecified atom stereocenters. The fraction of sp³-hybridized carbons (Fsp3) is 0.632. The van der Waals surface area contributed by atoms with Gasteiger partial charge in [-0.3, -0.25) is 4.79 Å². The number of hydrogen-bond donors (Lipinski definition) is 1. The van der Waals surface area contributed by atoms with Crippen LogP contribution in [-0.2, 0) is 11.3 Å². The first-order valence-corrected chi connectivity index (χ1v) is 8.92. The fourth-order valence-corrected chi connectivity index (χ4v) is 3.32. The molecule has 1 aromatic rings. The average molecular weight is 352 g/mol. The highest BCUT2D eigenvalue weighted by Gasteiger charge is 2.42. The van der Waals surface area contributed by atoms with Gasteiger partial charge in [0.25, 0.3) is 5.91 Å². The molecule has 1 fully saturated rings. The van der Waals surface area contributed by atoms with Gasteiger partial charge in [0.2, 0.25) is 0 Å². The van der Waals surface area contributed by atoms with Gasteiger partial charge in [-0.05, 0) is 51.1 Å². The van der Waals surface area contributed by atoms with E-state index in [0.717, 1.165) is 19.4 Å². The highest BCUT2D eigenvalue weighted by atomic mass is 19.1. The van der Waals surface area contributed by atoms with Crippen LogP contribution in [0.2, 0.25) is 0 Å². The zero-order chi connectivity index (χ0) is 18.4. The molecular weight excluding hydrogens is 323 g/mol. The molecule has 1 aliphatic heterocycles. The second-order valence-corrected chi connectivity index (χ2v) is 6.91. The molecular formula is C19H29FN2O3. The summed E-state index contributed by atoms with van der Waals surface area (Å²) < 4.78 is 19.2. The monoisotopic (exact) mass is 352 g/mol. The van der Waals surface area contributed by atoms with E-state index in [2.05, 4.69) is 6.92 Å². The Balaban J connectivity index is 2.08. The molecule has 1 atom stereocenters. The summed E-state index contributed by atoms with van der Waals surface area (Å²) in [7, 11) is 3.44. The van der Waals surface area contributed by atoms with Crippen molar-refractivity contribution in [2.75, 3.05) is 33.8 Å². The maximum Gasteiger partial charge on any atom is 0.256 e. The molecule has 0 saturated carbocycles. The third kappa shape index (κ3) is 4.92. The molecule has 140 valence electrons. The lowest BCUT2D eigenvalue weighted by Crippen LogP contribution is -2.58. The average Bonchev–Trinajstić information content (AvgIpc) is 2.59. The number of halogens is 1. The summed E-state index contributed by atoms with van der Waals surface area (Å²) >= 11 is 0. The number of nitrogens with zero attached hydrogens (tertiary/aromatic N) is 2. The first-order valence-electron chi connectivity index (χ1n) is 8.92. The Morgan fingerprint density at radius 2 is 2.20 bits per heavy atom. The second-order valence-electron chi connectivity index (χ2n) is 6.91. The van der Waals surface area contributed by atoms with Gasteiger partial charge in [-0.25, -0.2) is 4.39 Å². The first kappa shape index (κ1) is 19.7. The van der Waals surface area contributed by atoms with Crippen LogP contribution in [0.1, 0.15) is 38.2 Å². The van der Waals surface area contributed by atoms with Crippen LogP contribution >= 0.6 is 0 Å². The molecule has 25 heavy (non-hydrogen) atoms. The van der Waals surface area contributed by atoms with E-state index in [1.165, 1.54) is 13.2 Å². The summed E-state index contributed by atoms with van der Waals surface area (Å²) in [6.07, 6.45) is 3.24. The SMILES string of the molecule is CCCCN(C)CC1(O)CCCN(Cc2cc(OC)ccc2F)C1=O. The number of benzene rings is 1. The number of hydrogen-bond acceptors (Lipinski definition) is 4. The molecule has 6 heteroatoms. The largest absolute Gasteiger partial charge is 0.497 e. The molecule has 0 aromatic heterocycles. The van der Waals surface area contributed by atoms with Gasteiger partial charge in [-0.1, -0.05) is 13.3 Å². The third-order valence-electron chi connectivity index (χ3n) is 4.74. The number of unbranched alkanes of at least 4 members (excludes halogenated alkanes) is 1. The van der Waals surface area contributed by atoms with Crippen molar-refractivity contribution in [1.29, 1.82) is 0 Å². The summed E-state index contributed by atoms with van der Waals surface area (Å²) in [5.41, 5.74) is -0.993. The summed E-state index contributed by atoms with van der Waals surface area (Å²) in [5.74, 6) is -0.137. The number of methoxy groups -OCH3 is 1. The third-order valence-corrected chi connectivity index (χ3v) is 4.74. The topological polar surface area (TPSA) is 53.0 Å². The van der Waals surface area contributed by atoms with Gasteiger partial charge in [0, 0.05) is 25.2 Å². The summed E-state index contributed by atoms with van der Waals surface area (Å²) in [6, 6.07) is 4.49. The Bertz CT molecular complexity index is 596. The predicted octanol–water partition coefficient (Wildman–Crippen LogP) is 2.42. The molecule has 0 spiro atoms. The van der Waals surface area contributed by atoms with Gasteiger partial charge in [-0.15, -0.1) is 0 Å². The van der Waals surface area contributed by atoms with Crippen molar-refractivity contribution in [3.63, 3.8) is 0 Å². The van der Waals surface area contributed by atoms with Crippen molar-refractivity contribution in [3.05, 3.63) is 29.6 Å². The molecule has 0 aliphatic carbocycles. The predicted molar refractivity (Wildman–Crippen MR) is 95.0 cm³/mol. The minimum atomic E-state index is -1.39. The minimum Gasteiger partial charge on any atom is -0.497 e. The number of amides is 1. The van der Waals surface area contributed by atoms with Gasteiger partial charge in [0.1, 0.15) is 11.6 Å². The highest BCUT2D eigenvalue weighted by Crippen LogP contribution is 2.26. The van der Waals surface area contributed by atoms with Crippen LogP contribution in [0.5, 0.6) is 5.75 Å². The normalized spacial score (nSPS) is 21.0. The number of carbonyl (C=O) groups excluding carboxylic acids is 1. The smallest absolute Gasteiger partial charge is 0.256 e. The van der Waals surface area contributed by atoms with Crippen molar-refractivity contribution in [2.45, 2.75) is 44.8 Å². The molecule has 0 radical (unpaired) electrons. The number of rotatable bonds is 8. The first-order chi connectivity index (χ1) is 11.9. The molecule has 1 saturated heterocycles. The lowest BCUT2D eigenvalue weighted by Gasteiger charge is -2.40. The van der Waals surface area contributed by atoms with Gasteiger partial charge >= 0.3 is 0 Å². The maximum atomic E-state index is 14.1. The van der Waals surface area contributed by atoms with Gasteiger partial charge in [0.15, 0.2) is 5.60 Å². The van der Waals surface area contributed by atoms with Crippen LogP contribution in [0.3, 0.4) is 0 Å². The molecule has 2 rings (SSSR count). The van der Waals surface area contributed by atoms with Crippen LogP contribution in [0, 0.1) is 5.82 Å². The van der Waals surface area contributed by atoms with E-state index in [4.69, 9.17) is 4.74 Å². The molecule has 1 heterocycles. The molecule has 1 aromatic carbocycles. The number of piperidine rings is 1. The lowest BCUT2D eigenvalue weighted by molar-refractivity contribution is -0.159. The van der Waals surface area contributed by atoms with E-state index in [1.807, 2.05) is 11.9 Å². The minimum absolute atomic E-state index is 0.142. The van der Waals surface area contributed by atoms with E-state index >= 15 is 0 Å². The zero-order valence-electron chi connectivity index (χ0n) is 15.4. The van der Waals surface area contributed by atoms with Crippen molar-refractivity contribution >= 4 is 5.91 Å². The highest BCUT2D eigenvalue weighted by molar-refractivity contribution is 5.86. The Morgan fingerprint density at radius 1 is 1.44 bits per heavy atom. The molecule has 0 bridgehead atoms. The summed E-state index contributed by atoms with van der Waals surface area (Å²) in [4.78, 5) is 16.4. The van der Waals surface area contributed by atoms with Crippen molar-refractivity contribution < 1.29 is 19.0 Å². The van der Waals surface area contributed by atoms with Crippen LogP contribution in [0.15, 0.2) is 18.2 Å². The number of aliphatic hydroxyl groups is 1. The van der Waals surface area contributed by atoms with Crippen LogP contribution < -0.4 is 4.74 Å². The van der Waals surface area contributed by atoms with Crippen molar-refractivity contribution in [3.8, 4) is 5.75 Å². The van der Waals surface area contributed by atoms with Gasteiger partial charge in [0.05, 0.1) is 7.11 Å². The van der Waals surface area contributed by atoms with E-state index < -0.39 is 5.60 Å². The summed E-state index contributed by atoms with van der Waals surface area (Å²) in [5, 5.41) is 10.9. The van der Waals surface area contributed by atoms with E-state index in [9.17, 15) is 14.3 Å². The number of carbonyl (C=O) groups is 1. The summed E-state index contributed by atoms with van der Waals surface area (Å²) in [6.45, 7) is 3.93. The van der Waals surface area contributed by atoms with Crippen molar-refractivity contribution in [2.24, 2.45) is 0 Å². The second kappa shape index (κ2) is 8.63. The molecule has 1 amide bonds. The number of likely N-dealkylation sites (tertiary alicyclic amines) is 1. The quantitative estimate of drug-likeness (QED) is 0.781. The fourth-order valence-electron chi connectivity index (χ4n) is 3.32. The van der Waals surface area contributed by atoms with E-state index in [0.29, 0.717) is 37.2 Å². The van der Waals surface area contributed by atoms with Crippen LogP contribution in [-0.4, -0.2) is 60.2 Å². The van der Waals surface area contributed by atoms with Gasteiger partial charge < -0.3 is 19.6 Å². The van der Waals surface area contributed by atoms with Crippen LogP contribution in [0.4, 0.5) is 4.39 Å². The van der Waals surface area contributed by atoms with Gasteiger partial charge in [-0.2, -0.15) is 0 Å². The molecule has 1 aliphatic rings. The Hall–Kier alpha value is -1.66. The van der Waals surface area contributed by atoms with Crippen LogP contribution in [0.25, 0.3) is 0 Å². The Morgan fingerprint density at radius 3 is 2.88 bits per heavy atom. The maximum absolute atomic E-state index is 14.1. The Labute approximate surface area is 149 Å². The van der Waals surface area contributed by atoms with E-state index in [-0.39, 0.29) is 18.3 Å². The zero-order valence-corrected chi connectivity index (χ0v) is 15.4.